The van der Waals surface area contributed by atoms with Gasteiger partial charge in [-0.3, -0.25) is 4.79 Å². The SMILES string of the molecule is COC(=O)c1ccc(CNC(=O)c2cccn2C2CCN(C(=O)OC(C)(C)C)CC2)cc1. The molecule has 2 aromatic rings. The Morgan fingerprint density at radius 3 is 2.31 bits per heavy atom. The average molecular weight is 442 g/mol. The van der Waals surface area contributed by atoms with E-state index in [9.17, 15) is 14.4 Å². The number of carbonyl (C=O) groups excluding carboxylic acids is 3. The van der Waals surface area contributed by atoms with E-state index in [4.69, 9.17) is 9.47 Å². The van der Waals surface area contributed by atoms with E-state index in [0.717, 1.165) is 18.4 Å². The van der Waals surface area contributed by atoms with E-state index < -0.39 is 11.6 Å². The van der Waals surface area contributed by atoms with Crippen LogP contribution in [0.25, 0.3) is 0 Å². The first kappa shape index (κ1) is 23.4. The highest BCUT2D eigenvalue weighted by Crippen LogP contribution is 2.25. The smallest absolute Gasteiger partial charge is 0.410 e. The molecule has 32 heavy (non-hydrogen) atoms. The van der Waals surface area contributed by atoms with Crippen molar-refractivity contribution < 1.29 is 23.9 Å². The summed E-state index contributed by atoms with van der Waals surface area (Å²) in [5.41, 5.74) is 1.43. The van der Waals surface area contributed by atoms with Crippen molar-refractivity contribution in [1.29, 1.82) is 0 Å². The molecule has 3 rings (SSSR count). The molecule has 1 aliphatic heterocycles. The van der Waals surface area contributed by atoms with Gasteiger partial charge in [-0.15, -0.1) is 0 Å². The van der Waals surface area contributed by atoms with Crippen LogP contribution in [0.2, 0.25) is 0 Å². The van der Waals surface area contributed by atoms with Crippen LogP contribution >= 0.6 is 0 Å². The number of ether oxygens (including phenoxy) is 2. The van der Waals surface area contributed by atoms with Gasteiger partial charge < -0.3 is 24.3 Å². The lowest BCUT2D eigenvalue weighted by atomic mass is 10.0. The zero-order valence-corrected chi connectivity index (χ0v) is 19.1. The van der Waals surface area contributed by atoms with Crippen molar-refractivity contribution in [2.45, 2.75) is 51.8 Å². The molecular formula is C24H31N3O5. The molecule has 1 aromatic carbocycles. The number of likely N-dealkylation sites (tertiary alicyclic amines) is 1. The molecule has 2 heterocycles. The number of hydrogen-bond donors (Lipinski definition) is 1. The number of hydrogen-bond acceptors (Lipinski definition) is 5. The lowest BCUT2D eigenvalue weighted by Crippen LogP contribution is -2.42. The predicted molar refractivity (Wildman–Crippen MR) is 119 cm³/mol. The van der Waals surface area contributed by atoms with Gasteiger partial charge in [-0.1, -0.05) is 12.1 Å². The van der Waals surface area contributed by atoms with Gasteiger partial charge in [0.25, 0.3) is 5.91 Å². The number of esters is 1. The Balaban J connectivity index is 1.55. The largest absolute Gasteiger partial charge is 0.465 e. The topological polar surface area (TPSA) is 89.9 Å². The van der Waals surface area contributed by atoms with Crippen LogP contribution in [0.3, 0.4) is 0 Å². The van der Waals surface area contributed by atoms with Crippen LogP contribution in [0, 0.1) is 0 Å². The molecule has 8 heteroatoms. The minimum Gasteiger partial charge on any atom is -0.465 e. The van der Waals surface area contributed by atoms with Crippen LogP contribution in [0.4, 0.5) is 4.79 Å². The highest BCUT2D eigenvalue weighted by molar-refractivity contribution is 5.93. The fourth-order valence-corrected chi connectivity index (χ4v) is 3.71. The van der Waals surface area contributed by atoms with E-state index in [-0.39, 0.29) is 18.0 Å². The molecule has 2 amide bonds. The Hall–Kier alpha value is -3.29. The third kappa shape index (κ3) is 5.90. The summed E-state index contributed by atoms with van der Waals surface area (Å²) in [4.78, 5) is 38.3. The predicted octanol–water partition coefficient (Wildman–Crippen LogP) is 3.78. The summed E-state index contributed by atoms with van der Waals surface area (Å²) in [6, 6.07) is 10.7. The molecule has 0 bridgehead atoms. The van der Waals surface area contributed by atoms with Gasteiger partial charge in [0, 0.05) is 31.9 Å². The van der Waals surface area contributed by atoms with Gasteiger partial charge >= 0.3 is 12.1 Å². The van der Waals surface area contributed by atoms with E-state index in [0.29, 0.717) is 30.9 Å². The minimum atomic E-state index is -0.515. The van der Waals surface area contributed by atoms with Crippen molar-refractivity contribution in [3.63, 3.8) is 0 Å². The van der Waals surface area contributed by atoms with E-state index in [2.05, 4.69) is 5.32 Å². The van der Waals surface area contributed by atoms with Crippen LogP contribution in [-0.4, -0.2) is 53.2 Å². The number of nitrogens with zero attached hydrogens (tertiary/aromatic N) is 2. The summed E-state index contributed by atoms with van der Waals surface area (Å²) in [5, 5.41) is 2.94. The number of piperidine rings is 1. The zero-order chi connectivity index (χ0) is 23.3. The lowest BCUT2D eigenvalue weighted by Gasteiger charge is -2.34. The summed E-state index contributed by atoms with van der Waals surface area (Å²) in [7, 11) is 1.34. The van der Waals surface area contributed by atoms with E-state index >= 15 is 0 Å². The molecule has 0 spiro atoms. The maximum Gasteiger partial charge on any atom is 0.410 e. The van der Waals surface area contributed by atoms with Gasteiger partial charge in [-0.2, -0.15) is 0 Å². The maximum atomic E-state index is 12.8. The molecule has 8 nitrogen and oxygen atoms in total. The van der Waals surface area contributed by atoms with Gasteiger partial charge in [0.2, 0.25) is 0 Å². The molecule has 1 aliphatic rings. The van der Waals surface area contributed by atoms with Crippen LogP contribution in [-0.2, 0) is 16.0 Å². The number of aromatic nitrogens is 1. The summed E-state index contributed by atoms with van der Waals surface area (Å²) >= 11 is 0. The number of rotatable bonds is 5. The first-order chi connectivity index (χ1) is 15.2. The highest BCUT2D eigenvalue weighted by Gasteiger charge is 2.28. The van der Waals surface area contributed by atoms with Gasteiger partial charge in [0.15, 0.2) is 0 Å². The number of methoxy groups -OCH3 is 1. The number of nitrogens with one attached hydrogen (secondary N) is 1. The molecule has 0 saturated carbocycles. The Bertz CT molecular complexity index is 951. The maximum absolute atomic E-state index is 12.8. The highest BCUT2D eigenvalue weighted by atomic mass is 16.6. The summed E-state index contributed by atoms with van der Waals surface area (Å²) in [6.45, 7) is 7.10. The average Bonchev–Trinajstić information content (AvgIpc) is 3.26. The molecule has 1 fully saturated rings. The van der Waals surface area contributed by atoms with Gasteiger partial charge in [0.05, 0.1) is 12.7 Å². The third-order valence-electron chi connectivity index (χ3n) is 5.35. The molecule has 1 N–H and O–H groups in total. The Labute approximate surface area is 188 Å². The van der Waals surface area contributed by atoms with Crippen LogP contribution in [0.15, 0.2) is 42.6 Å². The first-order valence-corrected chi connectivity index (χ1v) is 10.8. The van der Waals surface area contributed by atoms with Crippen molar-refractivity contribution >= 4 is 18.0 Å². The monoisotopic (exact) mass is 441 g/mol. The molecule has 0 aliphatic carbocycles. The van der Waals surface area contributed by atoms with Crippen molar-refractivity contribution in [3.8, 4) is 0 Å². The van der Waals surface area contributed by atoms with Crippen LogP contribution in [0.5, 0.6) is 0 Å². The second kappa shape index (κ2) is 9.89. The molecular weight excluding hydrogens is 410 g/mol. The summed E-state index contributed by atoms with van der Waals surface area (Å²) in [6.07, 6.45) is 3.12. The molecule has 1 aromatic heterocycles. The van der Waals surface area contributed by atoms with Crippen molar-refractivity contribution in [3.05, 3.63) is 59.4 Å². The fourth-order valence-electron chi connectivity index (χ4n) is 3.71. The van der Waals surface area contributed by atoms with Gasteiger partial charge in [-0.05, 0) is 63.4 Å². The van der Waals surface area contributed by atoms with E-state index in [1.807, 2.05) is 37.6 Å². The fraction of sp³-hybridized carbons (Fsp3) is 0.458. The molecule has 0 atom stereocenters. The minimum absolute atomic E-state index is 0.142. The third-order valence-corrected chi connectivity index (χ3v) is 5.35. The Kier molecular flexibility index (Phi) is 7.22. The summed E-state index contributed by atoms with van der Waals surface area (Å²) < 4.78 is 12.1. The second-order valence-corrected chi connectivity index (χ2v) is 8.87. The van der Waals surface area contributed by atoms with E-state index in [1.54, 1.807) is 35.2 Å². The number of benzene rings is 1. The van der Waals surface area contributed by atoms with Crippen molar-refractivity contribution in [2.75, 3.05) is 20.2 Å². The number of carbonyl (C=O) groups is 3. The van der Waals surface area contributed by atoms with E-state index in [1.165, 1.54) is 7.11 Å². The normalized spacial score (nSPS) is 14.7. The van der Waals surface area contributed by atoms with Crippen LogP contribution < -0.4 is 5.32 Å². The van der Waals surface area contributed by atoms with Gasteiger partial charge in [0.1, 0.15) is 11.3 Å². The molecule has 0 unspecified atom stereocenters. The number of amides is 2. The summed E-state index contributed by atoms with van der Waals surface area (Å²) in [5.74, 6) is -0.558. The Morgan fingerprint density at radius 1 is 1.06 bits per heavy atom. The quantitative estimate of drug-likeness (QED) is 0.714. The molecule has 0 radical (unpaired) electrons. The Morgan fingerprint density at radius 2 is 1.72 bits per heavy atom. The molecule has 172 valence electrons. The van der Waals surface area contributed by atoms with Gasteiger partial charge in [-0.25, -0.2) is 9.59 Å². The standard InChI is InChI=1S/C24H31N3O5/c1-24(2,3)32-23(30)26-14-11-19(12-15-26)27-13-5-6-20(27)21(28)25-16-17-7-9-18(10-8-17)22(29)31-4/h5-10,13,19H,11-12,14-16H2,1-4H3,(H,25,28). The molecule has 1 saturated heterocycles. The zero-order valence-electron chi connectivity index (χ0n) is 19.1. The van der Waals surface area contributed by atoms with Crippen molar-refractivity contribution in [2.24, 2.45) is 0 Å². The van der Waals surface area contributed by atoms with Crippen molar-refractivity contribution in [1.82, 2.24) is 14.8 Å². The van der Waals surface area contributed by atoms with Crippen LogP contribution in [0.1, 0.15) is 66.1 Å². The second-order valence-electron chi connectivity index (χ2n) is 8.87. The first-order valence-electron chi connectivity index (χ1n) is 10.8. The lowest BCUT2D eigenvalue weighted by molar-refractivity contribution is 0.0187.